The van der Waals surface area contributed by atoms with E-state index >= 15 is 0 Å². The van der Waals surface area contributed by atoms with Crippen molar-refractivity contribution in [2.45, 2.75) is 48.8 Å². The molecule has 0 spiro atoms. The van der Waals surface area contributed by atoms with Gasteiger partial charge in [0.2, 0.25) is 0 Å². The highest BCUT2D eigenvalue weighted by molar-refractivity contribution is 7.97. The highest BCUT2D eigenvalue weighted by Crippen LogP contribution is 2.24. The van der Waals surface area contributed by atoms with E-state index in [0.29, 0.717) is 0 Å². The molecule has 138 valence electrons. The lowest BCUT2D eigenvalue weighted by Crippen LogP contribution is -2.08. The molecule has 0 atom stereocenters. The van der Waals surface area contributed by atoms with Gasteiger partial charge in [-0.15, -0.1) is 0 Å². The van der Waals surface area contributed by atoms with Crippen molar-refractivity contribution in [3.05, 3.63) is 60.7 Å². The van der Waals surface area contributed by atoms with Crippen molar-refractivity contribution in [2.24, 2.45) is 0 Å². The fourth-order valence-electron chi connectivity index (χ4n) is 2.39. The van der Waals surface area contributed by atoms with Gasteiger partial charge in [0.1, 0.15) is 5.75 Å². The fraction of sp³-hybridized carbons (Fsp3) is 0.368. The number of hydrogen-bond acceptors (Lipinski definition) is 0. The molecular formula is C19H25BF4S. The molecule has 2 aromatic rings. The second-order valence-electron chi connectivity index (χ2n) is 5.63. The zero-order chi connectivity index (χ0) is 18.5. The summed E-state index contributed by atoms with van der Waals surface area (Å²) in [7, 11) is -5.76. The Morgan fingerprint density at radius 2 is 1.08 bits per heavy atom. The minimum absolute atomic E-state index is 0.243. The Balaban J connectivity index is 0.000000550. The van der Waals surface area contributed by atoms with Gasteiger partial charge in [-0.05, 0) is 37.1 Å². The van der Waals surface area contributed by atoms with Gasteiger partial charge in [-0.2, -0.15) is 0 Å². The van der Waals surface area contributed by atoms with E-state index in [9.17, 15) is 17.3 Å². The van der Waals surface area contributed by atoms with Gasteiger partial charge < -0.3 is 17.3 Å². The molecule has 0 nitrogen and oxygen atoms in total. The first-order chi connectivity index (χ1) is 11.9. The fourth-order valence-corrected chi connectivity index (χ4v) is 4.60. The Kier molecular flexibility index (Phi) is 10.4. The molecule has 0 unspecified atom stereocenters. The van der Waals surface area contributed by atoms with Gasteiger partial charge in [0.15, 0.2) is 9.79 Å². The normalized spacial score (nSPS) is 11.1. The maximum absolute atomic E-state index is 9.75. The second kappa shape index (κ2) is 12.0. The molecule has 0 aliphatic rings. The van der Waals surface area contributed by atoms with Crippen LogP contribution in [0.5, 0.6) is 0 Å². The molecule has 0 aliphatic carbocycles. The van der Waals surface area contributed by atoms with Gasteiger partial charge in [0.05, 0.1) is 10.9 Å². The largest absolute Gasteiger partial charge is 0.673 e. The van der Waals surface area contributed by atoms with Crippen LogP contribution in [0, 0.1) is 0 Å². The van der Waals surface area contributed by atoms with Crippen LogP contribution in [0.15, 0.2) is 70.5 Å². The van der Waals surface area contributed by atoms with Gasteiger partial charge >= 0.3 is 7.25 Å². The molecular weight excluding hydrogens is 347 g/mol. The van der Waals surface area contributed by atoms with Crippen molar-refractivity contribution in [3.8, 4) is 0 Å². The van der Waals surface area contributed by atoms with Crippen LogP contribution >= 0.6 is 0 Å². The number of rotatable bonds is 8. The van der Waals surface area contributed by atoms with E-state index < -0.39 is 7.25 Å². The predicted octanol–water partition coefficient (Wildman–Crippen LogP) is 6.99. The van der Waals surface area contributed by atoms with E-state index in [1.807, 2.05) is 0 Å². The predicted molar refractivity (Wildman–Crippen MR) is 101 cm³/mol. The summed E-state index contributed by atoms with van der Waals surface area (Å²) in [6.07, 6.45) is 6.80. The van der Waals surface area contributed by atoms with Gasteiger partial charge in [0.25, 0.3) is 0 Å². The Bertz CT molecular complexity index is 515. The summed E-state index contributed by atoms with van der Waals surface area (Å²) >= 11 is 0. The van der Waals surface area contributed by atoms with Crippen molar-refractivity contribution < 1.29 is 17.3 Å². The molecule has 0 aliphatic heterocycles. The number of halogens is 4. The molecule has 0 radical (unpaired) electrons. The summed E-state index contributed by atoms with van der Waals surface area (Å²) < 4.78 is 39.0. The van der Waals surface area contributed by atoms with E-state index in [0.717, 1.165) is 0 Å². The standard InChI is InChI=1S/C19H25S.BF4/c1-2-3-4-5-12-17-20(18-13-8-6-9-14-18)19-15-10-7-11-16-19;2-1(3,4)5/h6-11,13-16H,2-5,12,17H2,1H3;/q+1;-1. The highest BCUT2D eigenvalue weighted by atomic mass is 32.2. The lowest BCUT2D eigenvalue weighted by atomic mass is 10.2. The summed E-state index contributed by atoms with van der Waals surface area (Å²) in [6, 6.07) is 22.0. The number of unbranched alkanes of at least 4 members (excludes halogenated alkanes) is 4. The van der Waals surface area contributed by atoms with Gasteiger partial charge in [-0.1, -0.05) is 62.6 Å². The number of benzene rings is 2. The zero-order valence-electron chi connectivity index (χ0n) is 14.5. The summed E-state index contributed by atoms with van der Waals surface area (Å²) in [5, 5.41) is 0. The van der Waals surface area contributed by atoms with Crippen molar-refractivity contribution in [1.82, 2.24) is 0 Å². The first-order valence-corrected chi connectivity index (χ1v) is 9.99. The van der Waals surface area contributed by atoms with Crippen molar-refractivity contribution in [3.63, 3.8) is 0 Å². The van der Waals surface area contributed by atoms with Gasteiger partial charge in [0, 0.05) is 0 Å². The molecule has 6 heteroatoms. The lowest BCUT2D eigenvalue weighted by Gasteiger charge is -2.08. The molecule has 0 aromatic heterocycles. The molecule has 0 fully saturated rings. The van der Waals surface area contributed by atoms with Crippen molar-refractivity contribution in [2.75, 3.05) is 5.75 Å². The molecule has 0 N–H and O–H groups in total. The average molecular weight is 372 g/mol. The van der Waals surface area contributed by atoms with E-state index in [2.05, 4.69) is 67.6 Å². The maximum atomic E-state index is 9.75. The topological polar surface area (TPSA) is 0 Å². The average Bonchev–Trinajstić information content (AvgIpc) is 2.58. The summed E-state index contributed by atoms with van der Waals surface area (Å²) in [4.78, 5) is 2.96. The molecule has 0 saturated heterocycles. The van der Waals surface area contributed by atoms with Crippen LogP contribution in [0.4, 0.5) is 17.3 Å². The Morgan fingerprint density at radius 3 is 1.48 bits per heavy atom. The number of hydrogen-bond donors (Lipinski definition) is 0. The van der Waals surface area contributed by atoms with Crippen LogP contribution < -0.4 is 0 Å². The summed E-state index contributed by atoms with van der Waals surface area (Å²) in [5.41, 5.74) is 0. The van der Waals surface area contributed by atoms with Crippen LogP contribution in [-0.2, 0) is 10.9 Å². The van der Waals surface area contributed by atoms with Crippen LogP contribution in [-0.4, -0.2) is 13.0 Å². The third-order valence-electron chi connectivity index (χ3n) is 3.51. The Labute approximate surface area is 151 Å². The lowest BCUT2D eigenvalue weighted by molar-refractivity contribution is 0.368. The van der Waals surface area contributed by atoms with Gasteiger partial charge in [-0.25, -0.2) is 0 Å². The van der Waals surface area contributed by atoms with Gasteiger partial charge in [-0.3, -0.25) is 0 Å². The van der Waals surface area contributed by atoms with E-state index in [4.69, 9.17) is 0 Å². The SMILES string of the molecule is CCCCCCC[S+](c1ccccc1)c1ccccc1.F[B-](F)(F)F. The molecule has 0 saturated carbocycles. The zero-order valence-corrected chi connectivity index (χ0v) is 15.3. The molecule has 0 heterocycles. The van der Waals surface area contributed by atoms with Crippen molar-refractivity contribution in [1.29, 1.82) is 0 Å². The smallest absolute Gasteiger partial charge is 0.418 e. The second-order valence-corrected chi connectivity index (χ2v) is 7.76. The molecule has 2 aromatic carbocycles. The Morgan fingerprint density at radius 1 is 0.680 bits per heavy atom. The quantitative estimate of drug-likeness (QED) is 0.203. The Hall–Kier alpha value is -1.43. The molecule has 0 bridgehead atoms. The summed E-state index contributed by atoms with van der Waals surface area (Å²) in [6.45, 7) is 2.28. The van der Waals surface area contributed by atoms with E-state index in [1.165, 1.54) is 47.6 Å². The first-order valence-electron chi connectivity index (χ1n) is 8.60. The monoisotopic (exact) mass is 372 g/mol. The van der Waals surface area contributed by atoms with Crippen molar-refractivity contribution >= 4 is 18.1 Å². The minimum Gasteiger partial charge on any atom is -0.418 e. The van der Waals surface area contributed by atoms with Crippen LogP contribution in [0.2, 0.25) is 0 Å². The minimum atomic E-state index is -6.00. The third kappa shape index (κ3) is 10.9. The summed E-state index contributed by atoms with van der Waals surface area (Å²) in [5.74, 6) is 1.29. The molecule has 25 heavy (non-hydrogen) atoms. The molecule has 0 amide bonds. The maximum Gasteiger partial charge on any atom is 0.673 e. The highest BCUT2D eigenvalue weighted by Gasteiger charge is 2.23. The molecule has 2 rings (SSSR count). The van der Waals surface area contributed by atoms with E-state index in [-0.39, 0.29) is 10.9 Å². The van der Waals surface area contributed by atoms with Crippen LogP contribution in [0.1, 0.15) is 39.0 Å². The van der Waals surface area contributed by atoms with Crippen LogP contribution in [0.3, 0.4) is 0 Å². The third-order valence-corrected chi connectivity index (χ3v) is 5.89. The van der Waals surface area contributed by atoms with E-state index in [1.54, 1.807) is 0 Å². The van der Waals surface area contributed by atoms with Crippen LogP contribution in [0.25, 0.3) is 0 Å². The first kappa shape index (κ1) is 21.6.